The Morgan fingerprint density at radius 2 is 2.21 bits per heavy atom. The average Bonchev–Trinajstić information content (AvgIpc) is 2.67. The minimum absolute atomic E-state index is 0.0473. The number of hydrogen-bond donors (Lipinski definition) is 1. The quantitative estimate of drug-likeness (QED) is 0.905. The maximum Gasteiger partial charge on any atom is 0.306 e. The van der Waals surface area contributed by atoms with Gasteiger partial charge in [0, 0.05) is 18.7 Å². The van der Waals surface area contributed by atoms with Crippen LogP contribution < -0.4 is 0 Å². The van der Waals surface area contributed by atoms with E-state index in [0.717, 1.165) is 5.56 Å². The van der Waals surface area contributed by atoms with Crippen molar-refractivity contribution in [1.29, 1.82) is 0 Å². The number of halogens is 1. The fraction of sp³-hybridized carbons (Fsp3) is 0.538. The molecular weight excluding hydrogens is 314 g/mol. The van der Waals surface area contributed by atoms with Gasteiger partial charge in [-0.15, -0.1) is 0 Å². The van der Waals surface area contributed by atoms with Crippen molar-refractivity contribution in [2.24, 2.45) is 11.8 Å². The zero-order valence-electron chi connectivity index (χ0n) is 10.9. The first-order chi connectivity index (χ1) is 8.90. The first kappa shape index (κ1) is 14.1. The number of piperidine rings is 1. The lowest BCUT2D eigenvalue weighted by atomic mass is 9.87. The molecule has 0 aliphatic carbocycles. The molecule has 0 saturated carbocycles. The Labute approximate surface area is 119 Å². The van der Waals surface area contributed by atoms with Gasteiger partial charge < -0.3 is 14.4 Å². The number of likely N-dealkylation sites (tertiary alicyclic amines) is 1. The van der Waals surface area contributed by atoms with Gasteiger partial charge in [0.1, 0.15) is 0 Å². The molecule has 1 fully saturated rings. The molecule has 2 atom stereocenters. The van der Waals surface area contributed by atoms with E-state index in [2.05, 4.69) is 15.9 Å². The van der Waals surface area contributed by atoms with Crippen LogP contribution in [0.5, 0.6) is 0 Å². The Morgan fingerprint density at radius 1 is 1.53 bits per heavy atom. The summed E-state index contributed by atoms with van der Waals surface area (Å²) >= 11 is 3.20. The predicted molar refractivity (Wildman–Crippen MR) is 72.0 cm³/mol. The fourth-order valence-electron chi connectivity index (χ4n) is 2.50. The number of carboxylic acids is 1. The van der Waals surface area contributed by atoms with Crippen molar-refractivity contribution in [2.45, 2.75) is 20.3 Å². The molecule has 5 nitrogen and oxygen atoms in total. The number of furan rings is 1. The van der Waals surface area contributed by atoms with Gasteiger partial charge in [-0.3, -0.25) is 9.59 Å². The number of carbonyl (C=O) groups is 2. The van der Waals surface area contributed by atoms with Crippen molar-refractivity contribution < 1.29 is 19.1 Å². The molecule has 1 amide bonds. The molecule has 1 saturated heterocycles. The highest BCUT2D eigenvalue weighted by molar-refractivity contribution is 9.10. The van der Waals surface area contributed by atoms with Crippen LogP contribution in [0.1, 0.15) is 29.5 Å². The highest BCUT2D eigenvalue weighted by Gasteiger charge is 2.34. The van der Waals surface area contributed by atoms with Crippen molar-refractivity contribution in [3.05, 3.63) is 22.1 Å². The molecule has 1 N–H and O–H groups in total. The summed E-state index contributed by atoms with van der Waals surface area (Å²) in [5.41, 5.74) is 0.782. The van der Waals surface area contributed by atoms with E-state index >= 15 is 0 Å². The Balaban J connectivity index is 2.10. The number of carboxylic acid groups (broad SMARTS) is 1. The molecule has 2 unspecified atom stereocenters. The largest absolute Gasteiger partial charge is 0.481 e. The summed E-state index contributed by atoms with van der Waals surface area (Å²) in [4.78, 5) is 25.0. The number of rotatable bonds is 2. The minimum Gasteiger partial charge on any atom is -0.481 e. The lowest BCUT2D eigenvalue weighted by Gasteiger charge is -2.34. The molecule has 1 aliphatic rings. The fourth-order valence-corrected chi connectivity index (χ4v) is 3.00. The predicted octanol–water partition coefficient (Wildman–Crippen LogP) is 2.53. The third-order valence-electron chi connectivity index (χ3n) is 3.59. The van der Waals surface area contributed by atoms with Crippen LogP contribution in [-0.4, -0.2) is 35.0 Å². The van der Waals surface area contributed by atoms with Crippen LogP contribution in [0.4, 0.5) is 0 Å². The summed E-state index contributed by atoms with van der Waals surface area (Å²) in [5, 5.41) is 9.07. The average molecular weight is 330 g/mol. The molecule has 2 rings (SSSR count). The van der Waals surface area contributed by atoms with Gasteiger partial charge in [-0.1, -0.05) is 6.92 Å². The second-order valence-corrected chi connectivity index (χ2v) is 5.81. The summed E-state index contributed by atoms with van der Waals surface area (Å²) in [6.45, 7) is 4.59. The summed E-state index contributed by atoms with van der Waals surface area (Å²) in [6.07, 6.45) is 0.489. The van der Waals surface area contributed by atoms with E-state index in [1.54, 1.807) is 11.0 Å². The third kappa shape index (κ3) is 2.83. The zero-order chi connectivity index (χ0) is 14.2. The molecule has 1 aromatic rings. The summed E-state index contributed by atoms with van der Waals surface area (Å²) in [6, 6.07) is 1.75. The number of aliphatic carboxylic acids is 1. The Hall–Kier alpha value is -1.30. The van der Waals surface area contributed by atoms with Gasteiger partial charge in [0.25, 0.3) is 5.91 Å². The van der Waals surface area contributed by atoms with E-state index in [-0.39, 0.29) is 17.7 Å². The monoisotopic (exact) mass is 329 g/mol. The summed E-state index contributed by atoms with van der Waals surface area (Å²) < 4.78 is 5.88. The SMILES string of the molecule is Cc1cc(Br)oc1C(=O)N1CCC(C(=O)O)C(C)C1. The van der Waals surface area contributed by atoms with Gasteiger partial charge in [0.15, 0.2) is 10.4 Å². The highest BCUT2D eigenvalue weighted by Crippen LogP contribution is 2.27. The van der Waals surface area contributed by atoms with Gasteiger partial charge in [-0.25, -0.2) is 0 Å². The second-order valence-electron chi connectivity index (χ2n) is 5.02. The molecule has 1 aliphatic heterocycles. The van der Waals surface area contributed by atoms with Gasteiger partial charge >= 0.3 is 5.97 Å². The van der Waals surface area contributed by atoms with E-state index in [4.69, 9.17) is 9.52 Å². The molecule has 0 radical (unpaired) electrons. The second kappa shape index (κ2) is 5.36. The first-order valence-corrected chi connectivity index (χ1v) is 6.97. The van der Waals surface area contributed by atoms with E-state index in [0.29, 0.717) is 29.9 Å². The van der Waals surface area contributed by atoms with E-state index in [1.165, 1.54) is 0 Å². The van der Waals surface area contributed by atoms with E-state index in [9.17, 15) is 9.59 Å². The standard InChI is InChI=1S/C13H16BrNO4/c1-7-5-10(14)19-11(7)12(16)15-4-3-9(13(17)18)8(2)6-15/h5,8-9H,3-4,6H2,1-2H3,(H,17,18). The van der Waals surface area contributed by atoms with Gasteiger partial charge in [0.05, 0.1) is 5.92 Å². The molecule has 0 bridgehead atoms. The molecule has 2 heterocycles. The van der Waals surface area contributed by atoms with Crippen molar-refractivity contribution in [2.75, 3.05) is 13.1 Å². The molecule has 0 spiro atoms. The minimum atomic E-state index is -0.781. The van der Waals surface area contributed by atoms with Crippen molar-refractivity contribution in [3.63, 3.8) is 0 Å². The van der Waals surface area contributed by atoms with Crippen LogP contribution in [0.15, 0.2) is 15.2 Å². The molecule has 6 heteroatoms. The molecule has 104 valence electrons. The number of hydrogen-bond acceptors (Lipinski definition) is 3. The molecule has 1 aromatic heterocycles. The molecule has 0 aromatic carbocycles. The maximum atomic E-state index is 12.3. The lowest BCUT2D eigenvalue weighted by molar-refractivity contribution is -0.145. The van der Waals surface area contributed by atoms with Crippen molar-refractivity contribution >= 4 is 27.8 Å². The summed E-state index contributed by atoms with van der Waals surface area (Å²) in [5.74, 6) is -1.04. The highest BCUT2D eigenvalue weighted by atomic mass is 79.9. The van der Waals surface area contributed by atoms with Gasteiger partial charge in [0.2, 0.25) is 0 Å². The number of aryl methyl sites for hydroxylation is 1. The maximum absolute atomic E-state index is 12.3. The molecule has 19 heavy (non-hydrogen) atoms. The Kier molecular flexibility index (Phi) is 3.99. The number of amides is 1. The number of nitrogens with zero attached hydrogens (tertiary/aromatic N) is 1. The van der Waals surface area contributed by atoms with Crippen LogP contribution in [-0.2, 0) is 4.79 Å². The van der Waals surface area contributed by atoms with Crippen LogP contribution in [0.2, 0.25) is 0 Å². The zero-order valence-corrected chi connectivity index (χ0v) is 12.4. The number of carbonyl (C=O) groups excluding carboxylic acids is 1. The van der Waals surface area contributed by atoms with Crippen LogP contribution in [0.25, 0.3) is 0 Å². The topological polar surface area (TPSA) is 70.8 Å². The van der Waals surface area contributed by atoms with Gasteiger partial charge in [-0.05, 0) is 41.3 Å². The Morgan fingerprint density at radius 3 is 2.68 bits per heavy atom. The van der Waals surface area contributed by atoms with Crippen molar-refractivity contribution in [3.8, 4) is 0 Å². The molecular formula is C13H16BrNO4. The van der Waals surface area contributed by atoms with Gasteiger partial charge in [-0.2, -0.15) is 0 Å². The van der Waals surface area contributed by atoms with Crippen LogP contribution in [0, 0.1) is 18.8 Å². The summed E-state index contributed by atoms with van der Waals surface area (Å²) in [7, 11) is 0. The van der Waals surface area contributed by atoms with Crippen molar-refractivity contribution in [1.82, 2.24) is 4.90 Å². The normalized spacial score (nSPS) is 23.4. The third-order valence-corrected chi connectivity index (χ3v) is 3.98. The van der Waals surface area contributed by atoms with E-state index < -0.39 is 5.97 Å². The lowest BCUT2D eigenvalue weighted by Crippen LogP contribution is -2.45. The smallest absolute Gasteiger partial charge is 0.306 e. The van der Waals surface area contributed by atoms with Crippen LogP contribution in [0.3, 0.4) is 0 Å². The first-order valence-electron chi connectivity index (χ1n) is 6.18. The van der Waals surface area contributed by atoms with E-state index in [1.807, 2.05) is 13.8 Å². The Bertz CT molecular complexity index is 511. The van der Waals surface area contributed by atoms with Crippen LogP contribution >= 0.6 is 15.9 Å².